The van der Waals surface area contributed by atoms with Gasteiger partial charge in [0.2, 0.25) is 0 Å². The molecule has 2 rings (SSSR count). The maximum atomic E-state index is 10.8. The summed E-state index contributed by atoms with van der Waals surface area (Å²) in [6, 6.07) is 10.8. The summed E-state index contributed by atoms with van der Waals surface area (Å²) < 4.78 is 0. The highest BCUT2D eigenvalue weighted by atomic mass is 35.5. The minimum atomic E-state index is -0.496. The number of hydrogen-bond donors (Lipinski definition) is 1. The van der Waals surface area contributed by atoms with Gasteiger partial charge in [-0.3, -0.25) is 10.1 Å². The van der Waals surface area contributed by atoms with Crippen molar-refractivity contribution in [1.29, 1.82) is 0 Å². The molecular formula is C13H10Cl2N2O2. The van der Waals surface area contributed by atoms with Crippen molar-refractivity contribution in [2.45, 2.75) is 6.04 Å². The molecule has 0 aliphatic heterocycles. The Morgan fingerprint density at radius 3 is 2.21 bits per heavy atom. The molecule has 0 radical (unpaired) electrons. The largest absolute Gasteiger partial charge is 0.320 e. The van der Waals surface area contributed by atoms with E-state index in [0.717, 1.165) is 5.56 Å². The van der Waals surface area contributed by atoms with Gasteiger partial charge in [-0.15, -0.1) is 0 Å². The van der Waals surface area contributed by atoms with Gasteiger partial charge in [-0.1, -0.05) is 35.3 Å². The first-order chi connectivity index (χ1) is 8.97. The number of nitro groups is 1. The van der Waals surface area contributed by atoms with E-state index in [1.54, 1.807) is 30.3 Å². The van der Waals surface area contributed by atoms with Crippen molar-refractivity contribution < 1.29 is 4.92 Å². The number of nitrogens with zero attached hydrogens (tertiary/aromatic N) is 1. The highest BCUT2D eigenvalue weighted by molar-refractivity contribution is 6.31. The molecule has 19 heavy (non-hydrogen) atoms. The van der Waals surface area contributed by atoms with E-state index >= 15 is 0 Å². The SMILES string of the molecule is NC(c1ccc(Cl)cc1)c1cc(Cl)cc([N+](=O)[O-])c1. The lowest BCUT2D eigenvalue weighted by atomic mass is 9.99. The average Bonchev–Trinajstić information content (AvgIpc) is 2.38. The van der Waals surface area contributed by atoms with Crippen molar-refractivity contribution >= 4 is 28.9 Å². The Labute approximate surface area is 119 Å². The van der Waals surface area contributed by atoms with Crippen LogP contribution in [-0.4, -0.2) is 4.92 Å². The van der Waals surface area contributed by atoms with Gasteiger partial charge in [0.15, 0.2) is 0 Å². The van der Waals surface area contributed by atoms with Crippen LogP contribution in [0.1, 0.15) is 17.2 Å². The molecule has 0 heterocycles. The zero-order valence-corrected chi connectivity index (χ0v) is 11.2. The Bertz CT molecular complexity index is 615. The van der Waals surface area contributed by atoms with Gasteiger partial charge in [0, 0.05) is 22.2 Å². The first kappa shape index (κ1) is 13.8. The number of nitro benzene ring substituents is 1. The van der Waals surface area contributed by atoms with E-state index in [1.165, 1.54) is 12.1 Å². The lowest BCUT2D eigenvalue weighted by molar-refractivity contribution is -0.384. The molecule has 0 aliphatic carbocycles. The molecule has 0 aliphatic rings. The quantitative estimate of drug-likeness (QED) is 0.689. The third-order valence-corrected chi connectivity index (χ3v) is 3.17. The maximum absolute atomic E-state index is 10.8. The number of benzene rings is 2. The lowest BCUT2D eigenvalue weighted by Crippen LogP contribution is -2.12. The van der Waals surface area contributed by atoms with Gasteiger partial charge >= 0.3 is 0 Å². The van der Waals surface area contributed by atoms with Gasteiger partial charge in [0.1, 0.15) is 0 Å². The summed E-state index contributed by atoms with van der Waals surface area (Å²) in [4.78, 5) is 10.3. The number of non-ortho nitro benzene ring substituents is 1. The molecule has 4 nitrogen and oxygen atoms in total. The van der Waals surface area contributed by atoms with Crippen LogP contribution in [0.2, 0.25) is 10.0 Å². The maximum Gasteiger partial charge on any atom is 0.271 e. The molecule has 0 spiro atoms. The molecule has 0 aromatic heterocycles. The summed E-state index contributed by atoms with van der Waals surface area (Å²) >= 11 is 11.7. The van der Waals surface area contributed by atoms with Crippen molar-refractivity contribution in [3.05, 3.63) is 73.8 Å². The van der Waals surface area contributed by atoms with Crippen LogP contribution in [0.25, 0.3) is 0 Å². The molecule has 0 amide bonds. The Balaban J connectivity index is 2.40. The van der Waals surface area contributed by atoms with E-state index < -0.39 is 11.0 Å². The predicted octanol–water partition coefficient (Wildman–Crippen LogP) is 3.95. The average molecular weight is 297 g/mol. The van der Waals surface area contributed by atoms with E-state index in [9.17, 15) is 10.1 Å². The molecule has 2 aromatic carbocycles. The number of nitrogens with two attached hydrogens (primary N) is 1. The summed E-state index contributed by atoms with van der Waals surface area (Å²) in [7, 11) is 0. The zero-order valence-electron chi connectivity index (χ0n) is 9.72. The van der Waals surface area contributed by atoms with Crippen LogP contribution in [0.3, 0.4) is 0 Å². The minimum absolute atomic E-state index is 0.0769. The standard InChI is InChI=1S/C13H10Cl2N2O2/c14-10-3-1-8(2-4-10)13(16)9-5-11(15)7-12(6-9)17(18)19/h1-7,13H,16H2. The molecule has 1 atom stereocenters. The molecule has 0 bridgehead atoms. The number of halogens is 2. The van der Waals surface area contributed by atoms with Gasteiger partial charge in [-0.2, -0.15) is 0 Å². The molecule has 6 heteroatoms. The molecule has 1 unspecified atom stereocenters. The zero-order chi connectivity index (χ0) is 14.0. The second-order valence-corrected chi connectivity index (χ2v) is 4.90. The van der Waals surface area contributed by atoms with Crippen molar-refractivity contribution in [3.8, 4) is 0 Å². The Morgan fingerprint density at radius 2 is 1.63 bits per heavy atom. The predicted molar refractivity (Wildman–Crippen MR) is 75.6 cm³/mol. The van der Waals surface area contributed by atoms with Crippen LogP contribution >= 0.6 is 23.2 Å². The third kappa shape index (κ3) is 3.23. The van der Waals surface area contributed by atoms with E-state index in [0.29, 0.717) is 10.6 Å². The summed E-state index contributed by atoms with van der Waals surface area (Å²) in [5, 5.41) is 11.7. The highest BCUT2D eigenvalue weighted by Gasteiger charge is 2.15. The van der Waals surface area contributed by atoms with Crippen molar-refractivity contribution in [1.82, 2.24) is 0 Å². The first-order valence-electron chi connectivity index (χ1n) is 5.43. The first-order valence-corrected chi connectivity index (χ1v) is 6.19. The fourth-order valence-electron chi connectivity index (χ4n) is 1.74. The Hall–Kier alpha value is -1.62. The smallest absolute Gasteiger partial charge is 0.271 e. The van der Waals surface area contributed by atoms with Gasteiger partial charge in [0.25, 0.3) is 5.69 Å². The number of hydrogen-bond acceptors (Lipinski definition) is 3. The summed E-state index contributed by atoms with van der Waals surface area (Å²) in [6.07, 6.45) is 0. The molecular weight excluding hydrogens is 287 g/mol. The van der Waals surface area contributed by atoms with Gasteiger partial charge in [0.05, 0.1) is 11.0 Å². The molecule has 0 saturated carbocycles. The molecule has 0 saturated heterocycles. The molecule has 98 valence electrons. The van der Waals surface area contributed by atoms with Crippen LogP contribution in [-0.2, 0) is 0 Å². The van der Waals surface area contributed by atoms with Crippen LogP contribution < -0.4 is 5.73 Å². The van der Waals surface area contributed by atoms with Crippen molar-refractivity contribution in [2.24, 2.45) is 5.73 Å². The van der Waals surface area contributed by atoms with Crippen molar-refractivity contribution in [2.75, 3.05) is 0 Å². The van der Waals surface area contributed by atoms with E-state index in [1.807, 2.05) is 0 Å². The fraction of sp³-hybridized carbons (Fsp3) is 0.0769. The summed E-state index contributed by atoms with van der Waals surface area (Å²) in [6.45, 7) is 0. The van der Waals surface area contributed by atoms with Gasteiger partial charge in [-0.25, -0.2) is 0 Å². The van der Waals surface area contributed by atoms with E-state index in [-0.39, 0.29) is 10.7 Å². The second-order valence-electron chi connectivity index (χ2n) is 4.03. The fourth-order valence-corrected chi connectivity index (χ4v) is 2.11. The van der Waals surface area contributed by atoms with Crippen LogP contribution in [0.5, 0.6) is 0 Å². The van der Waals surface area contributed by atoms with Gasteiger partial charge in [-0.05, 0) is 29.3 Å². The van der Waals surface area contributed by atoms with Crippen LogP contribution in [0, 0.1) is 10.1 Å². The molecule has 2 N–H and O–H groups in total. The Morgan fingerprint density at radius 1 is 1.00 bits per heavy atom. The monoisotopic (exact) mass is 296 g/mol. The number of rotatable bonds is 3. The highest BCUT2D eigenvalue weighted by Crippen LogP contribution is 2.27. The van der Waals surface area contributed by atoms with Crippen LogP contribution in [0.4, 0.5) is 5.69 Å². The van der Waals surface area contributed by atoms with E-state index in [4.69, 9.17) is 28.9 Å². The Kier molecular flexibility index (Phi) is 4.04. The summed E-state index contributed by atoms with van der Waals surface area (Å²) in [5.74, 6) is 0. The normalized spacial score (nSPS) is 12.2. The third-order valence-electron chi connectivity index (χ3n) is 2.70. The molecule has 2 aromatic rings. The molecule has 0 fully saturated rings. The summed E-state index contributed by atoms with van der Waals surface area (Å²) in [5.41, 5.74) is 7.39. The van der Waals surface area contributed by atoms with Crippen molar-refractivity contribution in [3.63, 3.8) is 0 Å². The second kappa shape index (κ2) is 5.57. The van der Waals surface area contributed by atoms with Gasteiger partial charge < -0.3 is 5.73 Å². The minimum Gasteiger partial charge on any atom is -0.320 e. The topological polar surface area (TPSA) is 69.2 Å². The lowest BCUT2D eigenvalue weighted by Gasteiger charge is -2.13. The van der Waals surface area contributed by atoms with E-state index in [2.05, 4.69) is 0 Å². The van der Waals surface area contributed by atoms with Crippen LogP contribution in [0.15, 0.2) is 42.5 Å².